The minimum absolute atomic E-state index is 0.226. The van der Waals surface area contributed by atoms with E-state index < -0.39 is 5.97 Å². The first-order valence-electron chi connectivity index (χ1n) is 5.60. The molecule has 0 bridgehead atoms. The van der Waals surface area contributed by atoms with Crippen LogP contribution in [0.15, 0.2) is 18.2 Å². The number of carbonyl (C=O) groups excluding carboxylic acids is 1. The Hall–Kier alpha value is -2.08. The summed E-state index contributed by atoms with van der Waals surface area (Å²) < 4.78 is 11.6. The van der Waals surface area contributed by atoms with Crippen molar-refractivity contribution in [2.75, 3.05) is 19.5 Å². The molecule has 0 radical (unpaired) electrons. The van der Waals surface area contributed by atoms with Crippen LogP contribution in [0.1, 0.15) is 17.4 Å². The highest BCUT2D eigenvalue weighted by Gasteiger charge is 2.19. The molecule has 2 rings (SSSR count). The summed E-state index contributed by atoms with van der Waals surface area (Å²) in [5.41, 5.74) is 7.40. The van der Waals surface area contributed by atoms with Crippen LogP contribution in [-0.2, 0) is 16.2 Å². The number of nitrogens with zero attached hydrogens (tertiary/aromatic N) is 2. The highest BCUT2D eigenvalue weighted by Crippen LogP contribution is 2.24. The number of carbonyl (C=O) groups is 1. The molecule has 0 saturated carbocycles. The van der Waals surface area contributed by atoms with E-state index in [1.807, 2.05) is 0 Å². The van der Waals surface area contributed by atoms with Gasteiger partial charge in [-0.15, -0.1) is 0 Å². The summed E-state index contributed by atoms with van der Waals surface area (Å²) in [6.45, 7) is 2.28. The van der Waals surface area contributed by atoms with E-state index in [0.717, 1.165) is 0 Å². The van der Waals surface area contributed by atoms with Crippen LogP contribution in [0.5, 0.6) is 0 Å². The van der Waals surface area contributed by atoms with Crippen LogP contribution in [0.25, 0.3) is 10.9 Å². The minimum Gasteiger partial charge on any atom is -0.461 e. The minimum atomic E-state index is -0.456. The first kappa shape index (κ1) is 12.4. The molecule has 0 unspecified atom stereocenters. The molecule has 2 N–H and O–H groups in total. The monoisotopic (exact) mass is 249 g/mol. The summed E-state index contributed by atoms with van der Waals surface area (Å²) in [7, 11) is 1.55. The third kappa shape index (κ3) is 2.02. The lowest BCUT2D eigenvalue weighted by Crippen LogP contribution is -2.08. The highest BCUT2D eigenvalue weighted by molar-refractivity contribution is 6.05. The third-order valence-corrected chi connectivity index (χ3v) is 2.52. The standard InChI is InChI=1S/C12H15N3O3/c1-3-18-12(16)10-8-5-4-6-9(13)11(8)15(14-10)7-17-2/h4-6H,3,7,13H2,1-2H3. The molecule has 18 heavy (non-hydrogen) atoms. The predicted molar refractivity (Wildman–Crippen MR) is 67.1 cm³/mol. The second kappa shape index (κ2) is 5.05. The summed E-state index contributed by atoms with van der Waals surface area (Å²) in [6.07, 6.45) is 0. The van der Waals surface area contributed by atoms with Crippen molar-refractivity contribution >= 4 is 22.6 Å². The number of hydrogen-bond acceptors (Lipinski definition) is 5. The maximum absolute atomic E-state index is 11.8. The molecule has 0 aliphatic carbocycles. The Balaban J connectivity index is 2.61. The van der Waals surface area contributed by atoms with Crippen molar-refractivity contribution in [1.29, 1.82) is 0 Å². The van der Waals surface area contributed by atoms with Crippen LogP contribution in [0.2, 0.25) is 0 Å². The van der Waals surface area contributed by atoms with Crippen molar-refractivity contribution < 1.29 is 14.3 Å². The summed E-state index contributed by atoms with van der Waals surface area (Å²) in [4.78, 5) is 11.8. The number of fused-ring (bicyclic) bond motifs is 1. The van der Waals surface area contributed by atoms with Crippen LogP contribution in [0.4, 0.5) is 5.69 Å². The van der Waals surface area contributed by atoms with Crippen molar-refractivity contribution in [2.24, 2.45) is 0 Å². The van der Waals surface area contributed by atoms with Gasteiger partial charge in [-0.25, -0.2) is 9.48 Å². The molecule has 6 heteroatoms. The zero-order valence-corrected chi connectivity index (χ0v) is 10.3. The average molecular weight is 249 g/mol. The van der Waals surface area contributed by atoms with Gasteiger partial charge in [-0.1, -0.05) is 12.1 Å². The maximum Gasteiger partial charge on any atom is 0.359 e. The van der Waals surface area contributed by atoms with Gasteiger partial charge in [-0.3, -0.25) is 0 Å². The van der Waals surface area contributed by atoms with Crippen molar-refractivity contribution in [2.45, 2.75) is 13.7 Å². The molecular weight excluding hydrogens is 234 g/mol. The maximum atomic E-state index is 11.8. The Morgan fingerprint density at radius 3 is 2.94 bits per heavy atom. The smallest absolute Gasteiger partial charge is 0.359 e. The number of rotatable bonds is 4. The van der Waals surface area contributed by atoms with Gasteiger partial charge in [-0.05, 0) is 13.0 Å². The fourth-order valence-corrected chi connectivity index (χ4v) is 1.83. The van der Waals surface area contributed by atoms with E-state index in [9.17, 15) is 4.79 Å². The summed E-state index contributed by atoms with van der Waals surface area (Å²) in [6, 6.07) is 5.32. The van der Waals surface area contributed by atoms with Crippen molar-refractivity contribution in [3.05, 3.63) is 23.9 Å². The van der Waals surface area contributed by atoms with Crippen molar-refractivity contribution in [3.63, 3.8) is 0 Å². The summed E-state index contributed by atoms with van der Waals surface area (Å²) in [5, 5.41) is 4.87. The lowest BCUT2D eigenvalue weighted by Gasteiger charge is -2.02. The molecule has 0 saturated heterocycles. The Morgan fingerprint density at radius 1 is 1.50 bits per heavy atom. The Kier molecular flexibility index (Phi) is 3.47. The number of esters is 1. The normalized spacial score (nSPS) is 10.8. The Bertz CT molecular complexity index is 577. The van der Waals surface area contributed by atoms with E-state index in [2.05, 4.69) is 5.10 Å². The van der Waals surface area contributed by atoms with Gasteiger partial charge in [0.05, 0.1) is 17.8 Å². The van der Waals surface area contributed by atoms with Crippen LogP contribution >= 0.6 is 0 Å². The topological polar surface area (TPSA) is 79.4 Å². The average Bonchev–Trinajstić information content (AvgIpc) is 2.70. The number of nitrogens with two attached hydrogens (primary N) is 1. The zero-order valence-electron chi connectivity index (χ0n) is 10.3. The molecule has 0 aliphatic rings. The van der Waals surface area contributed by atoms with Gasteiger partial charge in [-0.2, -0.15) is 5.10 Å². The van der Waals surface area contributed by atoms with Crippen LogP contribution < -0.4 is 5.73 Å². The second-order valence-electron chi connectivity index (χ2n) is 3.73. The fourth-order valence-electron chi connectivity index (χ4n) is 1.83. The number of aromatic nitrogens is 2. The number of nitrogen functional groups attached to an aromatic ring is 1. The molecule has 0 atom stereocenters. The van der Waals surface area contributed by atoms with Crippen LogP contribution in [0.3, 0.4) is 0 Å². The van der Waals surface area contributed by atoms with Gasteiger partial charge < -0.3 is 15.2 Å². The van der Waals surface area contributed by atoms with Crippen LogP contribution in [0, 0.1) is 0 Å². The molecular formula is C12H15N3O3. The summed E-state index contributed by atoms with van der Waals surface area (Å²) >= 11 is 0. The van der Waals surface area contributed by atoms with E-state index in [0.29, 0.717) is 23.2 Å². The number of benzene rings is 1. The van der Waals surface area contributed by atoms with Gasteiger partial charge in [0, 0.05) is 12.5 Å². The largest absolute Gasteiger partial charge is 0.461 e. The Labute approximate surface area is 104 Å². The van der Waals surface area contributed by atoms with E-state index in [4.69, 9.17) is 15.2 Å². The number of methoxy groups -OCH3 is 1. The lowest BCUT2D eigenvalue weighted by molar-refractivity contribution is 0.0517. The fraction of sp³-hybridized carbons (Fsp3) is 0.333. The SMILES string of the molecule is CCOC(=O)c1nn(COC)c2c(N)cccc12. The molecule has 6 nitrogen and oxygen atoms in total. The summed E-state index contributed by atoms with van der Waals surface area (Å²) in [5.74, 6) is -0.456. The van der Waals surface area contributed by atoms with E-state index >= 15 is 0 Å². The second-order valence-corrected chi connectivity index (χ2v) is 3.73. The van der Waals surface area contributed by atoms with E-state index in [1.165, 1.54) is 0 Å². The zero-order chi connectivity index (χ0) is 13.1. The molecule has 1 aromatic carbocycles. The third-order valence-electron chi connectivity index (χ3n) is 2.52. The van der Waals surface area contributed by atoms with Gasteiger partial charge >= 0.3 is 5.97 Å². The van der Waals surface area contributed by atoms with Gasteiger partial charge in [0.15, 0.2) is 5.69 Å². The van der Waals surface area contributed by atoms with Crippen LogP contribution in [-0.4, -0.2) is 29.5 Å². The van der Waals surface area contributed by atoms with Gasteiger partial charge in [0.2, 0.25) is 0 Å². The predicted octanol–water partition coefficient (Wildman–Crippen LogP) is 1.40. The van der Waals surface area contributed by atoms with Gasteiger partial charge in [0.1, 0.15) is 6.73 Å². The Morgan fingerprint density at radius 2 is 2.28 bits per heavy atom. The molecule has 1 aromatic heterocycles. The highest BCUT2D eigenvalue weighted by atomic mass is 16.5. The molecule has 0 amide bonds. The van der Waals surface area contributed by atoms with Crippen molar-refractivity contribution in [3.8, 4) is 0 Å². The first-order chi connectivity index (χ1) is 8.69. The lowest BCUT2D eigenvalue weighted by atomic mass is 10.2. The van der Waals surface area contributed by atoms with E-state index in [-0.39, 0.29) is 12.4 Å². The van der Waals surface area contributed by atoms with E-state index in [1.54, 1.807) is 36.9 Å². The molecule has 2 aromatic rings. The van der Waals surface area contributed by atoms with Crippen molar-refractivity contribution in [1.82, 2.24) is 9.78 Å². The number of hydrogen-bond donors (Lipinski definition) is 1. The first-order valence-corrected chi connectivity index (χ1v) is 5.60. The molecule has 96 valence electrons. The number of ether oxygens (including phenoxy) is 2. The number of para-hydroxylation sites is 1. The molecule has 0 fully saturated rings. The van der Waals surface area contributed by atoms with Gasteiger partial charge in [0.25, 0.3) is 0 Å². The molecule has 0 aliphatic heterocycles. The molecule has 0 spiro atoms. The quantitative estimate of drug-likeness (QED) is 0.654. The number of anilines is 1. The molecule has 1 heterocycles.